The fourth-order valence-corrected chi connectivity index (χ4v) is 3.75. The first-order chi connectivity index (χ1) is 14.9. The second-order valence-electron chi connectivity index (χ2n) is 7.64. The van der Waals surface area contributed by atoms with Crippen LogP contribution >= 0.6 is 0 Å². The lowest BCUT2D eigenvalue weighted by Gasteiger charge is -2.23. The van der Waals surface area contributed by atoms with Crippen molar-refractivity contribution >= 4 is 22.7 Å². The molecule has 7 heteroatoms. The highest BCUT2D eigenvalue weighted by Gasteiger charge is 2.49. The van der Waals surface area contributed by atoms with Gasteiger partial charge in [0.2, 0.25) is 0 Å². The Balaban J connectivity index is 1.43. The smallest absolute Gasteiger partial charge is 0.325 e. The van der Waals surface area contributed by atoms with Gasteiger partial charge in [-0.15, -0.1) is 0 Å². The van der Waals surface area contributed by atoms with Gasteiger partial charge in [0.1, 0.15) is 29.7 Å². The zero-order valence-electron chi connectivity index (χ0n) is 17.4. The molecule has 0 saturated carbocycles. The van der Waals surface area contributed by atoms with E-state index in [4.69, 9.17) is 9.47 Å². The summed E-state index contributed by atoms with van der Waals surface area (Å²) < 4.78 is 10.9. The summed E-state index contributed by atoms with van der Waals surface area (Å²) in [7, 11) is 1.56. The fourth-order valence-electron chi connectivity index (χ4n) is 3.75. The van der Waals surface area contributed by atoms with Gasteiger partial charge in [-0.1, -0.05) is 48.5 Å². The van der Waals surface area contributed by atoms with E-state index in [1.54, 1.807) is 38.3 Å². The fraction of sp³-hybridized carbons (Fsp3) is 0.250. The van der Waals surface area contributed by atoms with E-state index in [9.17, 15) is 14.7 Å². The lowest BCUT2D eigenvalue weighted by molar-refractivity contribution is -0.132. The number of β-amino-alcohol motifs (C(OH)–C–C–N with tert-alkyl or cyclic N) is 1. The zero-order valence-corrected chi connectivity index (χ0v) is 17.4. The molecule has 0 aromatic heterocycles. The Hall–Kier alpha value is -3.58. The Morgan fingerprint density at radius 1 is 1.03 bits per heavy atom. The first kappa shape index (κ1) is 20.7. The number of hydrogen-bond acceptors (Lipinski definition) is 5. The number of fused-ring (bicyclic) bond motifs is 1. The summed E-state index contributed by atoms with van der Waals surface area (Å²) >= 11 is 0. The normalized spacial score (nSPS) is 19.4. The van der Waals surface area contributed by atoms with Crippen LogP contribution < -0.4 is 14.8 Å². The van der Waals surface area contributed by atoms with E-state index in [1.807, 2.05) is 42.5 Å². The highest BCUT2D eigenvalue weighted by Crippen LogP contribution is 2.30. The van der Waals surface area contributed by atoms with Crippen molar-refractivity contribution < 1.29 is 24.2 Å². The third-order valence-corrected chi connectivity index (χ3v) is 5.52. The van der Waals surface area contributed by atoms with E-state index in [-0.39, 0.29) is 13.2 Å². The number of rotatable bonds is 7. The maximum atomic E-state index is 13.0. The average Bonchev–Trinajstić information content (AvgIpc) is 3.01. The van der Waals surface area contributed by atoms with E-state index in [1.165, 1.54) is 0 Å². The first-order valence-corrected chi connectivity index (χ1v) is 9.99. The Bertz CT molecular complexity index is 1110. The number of imide groups is 1. The van der Waals surface area contributed by atoms with Crippen LogP contribution in [0, 0.1) is 0 Å². The molecule has 0 aliphatic carbocycles. The molecule has 2 atom stereocenters. The van der Waals surface area contributed by atoms with Crippen LogP contribution in [0.5, 0.6) is 11.5 Å². The van der Waals surface area contributed by atoms with Crippen molar-refractivity contribution in [1.29, 1.82) is 0 Å². The Kier molecular flexibility index (Phi) is 5.52. The number of amides is 3. The molecule has 3 aromatic carbocycles. The molecule has 1 saturated heterocycles. The van der Waals surface area contributed by atoms with Gasteiger partial charge in [0.05, 0.1) is 13.7 Å². The van der Waals surface area contributed by atoms with Crippen LogP contribution in [-0.2, 0) is 10.3 Å². The lowest BCUT2D eigenvalue weighted by Crippen LogP contribution is -2.42. The van der Waals surface area contributed by atoms with Crippen LogP contribution in [0.3, 0.4) is 0 Å². The quantitative estimate of drug-likeness (QED) is 0.574. The number of nitrogens with one attached hydrogen (secondary N) is 1. The van der Waals surface area contributed by atoms with Gasteiger partial charge in [0.15, 0.2) is 0 Å². The van der Waals surface area contributed by atoms with Crippen molar-refractivity contribution in [3.05, 3.63) is 72.3 Å². The monoisotopic (exact) mass is 420 g/mol. The van der Waals surface area contributed by atoms with E-state index in [0.29, 0.717) is 17.1 Å². The van der Waals surface area contributed by atoms with Crippen LogP contribution in [0.1, 0.15) is 12.5 Å². The molecule has 0 unspecified atom stereocenters. The molecule has 1 fully saturated rings. The van der Waals surface area contributed by atoms with E-state index in [0.717, 1.165) is 15.7 Å². The van der Waals surface area contributed by atoms with Gasteiger partial charge in [-0.2, -0.15) is 0 Å². The van der Waals surface area contributed by atoms with Crippen LogP contribution in [0.2, 0.25) is 0 Å². The van der Waals surface area contributed by atoms with E-state index in [2.05, 4.69) is 5.32 Å². The molecule has 1 aliphatic rings. The van der Waals surface area contributed by atoms with Crippen molar-refractivity contribution in [3.8, 4) is 11.5 Å². The molecule has 1 aliphatic heterocycles. The molecule has 0 radical (unpaired) electrons. The number of aliphatic hydroxyl groups is 1. The maximum Gasteiger partial charge on any atom is 0.325 e. The summed E-state index contributed by atoms with van der Waals surface area (Å²) in [6.07, 6.45) is -1.04. The number of carbonyl (C=O) groups excluding carboxylic acids is 2. The number of benzene rings is 3. The van der Waals surface area contributed by atoms with Gasteiger partial charge < -0.3 is 19.9 Å². The second kappa shape index (κ2) is 8.28. The molecule has 160 valence electrons. The SMILES string of the molecule is COc1ccc([C@@]2(C)NC(=O)N(C[C@H](O)COc3cccc4ccccc34)C2=O)cc1. The van der Waals surface area contributed by atoms with E-state index < -0.39 is 23.6 Å². The van der Waals surface area contributed by atoms with Crippen molar-refractivity contribution in [2.45, 2.75) is 18.6 Å². The Morgan fingerprint density at radius 2 is 1.74 bits per heavy atom. The predicted octanol–water partition coefficient (Wildman–Crippen LogP) is 3.06. The topological polar surface area (TPSA) is 88.1 Å². The van der Waals surface area contributed by atoms with E-state index >= 15 is 0 Å². The van der Waals surface area contributed by atoms with Crippen molar-refractivity contribution in [2.75, 3.05) is 20.3 Å². The summed E-state index contributed by atoms with van der Waals surface area (Å²) in [5.41, 5.74) is -0.574. The standard InChI is InChI=1S/C24H24N2O5/c1-24(17-10-12-19(30-2)13-11-17)22(28)26(23(29)25-24)14-18(27)15-31-21-9-5-7-16-6-3-4-8-20(16)21/h3-13,18,27H,14-15H2,1-2H3,(H,25,29)/t18-,24+/m0/s1. The number of aliphatic hydroxyl groups excluding tert-OH is 1. The minimum atomic E-state index is -1.21. The first-order valence-electron chi connectivity index (χ1n) is 9.99. The molecule has 3 amide bonds. The molecular formula is C24H24N2O5. The minimum Gasteiger partial charge on any atom is -0.497 e. The van der Waals surface area contributed by atoms with Crippen LogP contribution in [0.15, 0.2) is 66.7 Å². The molecule has 1 heterocycles. The number of ether oxygens (including phenoxy) is 2. The Labute approximate surface area is 180 Å². The number of carbonyl (C=O) groups is 2. The summed E-state index contributed by atoms with van der Waals surface area (Å²) in [6.45, 7) is 1.43. The van der Waals surface area contributed by atoms with Crippen molar-refractivity contribution in [1.82, 2.24) is 10.2 Å². The van der Waals surface area contributed by atoms with Crippen LogP contribution in [-0.4, -0.2) is 48.3 Å². The van der Waals surface area contributed by atoms with Gasteiger partial charge >= 0.3 is 6.03 Å². The van der Waals surface area contributed by atoms with Gasteiger partial charge in [0, 0.05) is 5.39 Å². The number of methoxy groups -OCH3 is 1. The van der Waals surface area contributed by atoms with Gasteiger partial charge in [-0.3, -0.25) is 9.69 Å². The highest BCUT2D eigenvalue weighted by atomic mass is 16.5. The molecule has 2 N–H and O–H groups in total. The highest BCUT2D eigenvalue weighted by molar-refractivity contribution is 6.07. The number of urea groups is 1. The largest absolute Gasteiger partial charge is 0.497 e. The Morgan fingerprint density at radius 3 is 2.48 bits per heavy atom. The van der Waals surface area contributed by atoms with Crippen molar-refractivity contribution in [2.24, 2.45) is 0 Å². The molecule has 4 rings (SSSR count). The third kappa shape index (κ3) is 3.92. The van der Waals surface area contributed by atoms with Gasteiger partial charge in [0.25, 0.3) is 5.91 Å². The number of nitrogens with zero attached hydrogens (tertiary/aromatic N) is 1. The number of hydrogen-bond donors (Lipinski definition) is 2. The second-order valence-corrected chi connectivity index (χ2v) is 7.64. The average molecular weight is 420 g/mol. The molecule has 0 bridgehead atoms. The predicted molar refractivity (Wildman–Crippen MR) is 116 cm³/mol. The van der Waals surface area contributed by atoms with Crippen molar-refractivity contribution in [3.63, 3.8) is 0 Å². The molecule has 0 spiro atoms. The molecule has 3 aromatic rings. The van der Waals surface area contributed by atoms with Crippen LogP contribution in [0.25, 0.3) is 10.8 Å². The molecular weight excluding hydrogens is 396 g/mol. The molecule has 7 nitrogen and oxygen atoms in total. The van der Waals surface area contributed by atoms with Gasteiger partial charge in [-0.25, -0.2) is 4.79 Å². The third-order valence-electron chi connectivity index (χ3n) is 5.52. The summed E-state index contributed by atoms with van der Waals surface area (Å²) in [5.74, 6) is 0.867. The summed E-state index contributed by atoms with van der Waals surface area (Å²) in [4.78, 5) is 26.6. The molecule has 31 heavy (non-hydrogen) atoms. The van der Waals surface area contributed by atoms with Crippen LogP contribution in [0.4, 0.5) is 4.79 Å². The lowest BCUT2D eigenvalue weighted by atomic mass is 9.92. The summed E-state index contributed by atoms with van der Waals surface area (Å²) in [5, 5.41) is 15.2. The van der Waals surface area contributed by atoms with Gasteiger partial charge in [-0.05, 0) is 36.1 Å². The maximum absolute atomic E-state index is 13.0. The minimum absolute atomic E-state index is 0.0513. The zero-order chi connectivity index (χ0) is 22.0. The summed E-state index contributed by atoms with van der Waals surface area (Å²) in [6, 6.07) is 19.8.